The van der Waals surface area contributed by atoms with Gasteiger partial charge in [0.2, 0.25) is 0 Å². The van der Waals surface area contributed by atoms with Crippen LogP contribution in [0.15, 0.2) is 41.7 Å². The molecule has 2 atom stereocenters. The van der Waals surface area contributed by atoms with Gasteiger partial charge >= 0.3 is 0 Å². The minimum Gasteiger partial charge on any atom is -0.356 e. The fraction of sp³-hybridized carbons (Fsp3) is 0.550. The topological polar surface area (TPSA) is 67.1 Å². The number of halogens is 1. The van der Waals surface area contributed by atoms with Crippen molar-refractivity contribution in [2.75, 3.05) is 13.6 Å². The predicted octanol–water partition coefficient (Wildman–Crippen LogP) is 3.77. The van der Waals surface area contributed by atoms with E-state index in [0.29, 0.717) is 6.54 Å². The molecule has 1 aliphatic rings. The van der Waals surface area contributed by atoms with Gasteiger partial charge in [-0.2, -0.15) is 0 Å². The molecule has 0 saturated heterocycles. The molecule has 0 radical (unpaired) electrons. The molecule has 3 rings (SSSR count). The summed E-state index contributed by atoms with van der Waals surface area (Å²) in [4.78, 5) is 4.32. The lowest BCUT2D eigenvalue weighted by Crippen LogP contribution is -2.38. The molecule has 1 aromatic heterocycles. The van der Waals surface area contributed by atoms with Crippen LogP contribution in [-0.2, 0) is 6.54 Å². The highest BCUT2D eigenvalue weighted by atomic mass is 127. The minimum absolute atomic E-state index is 0. The number of aliphatic imine (C=N–C) groups is 1. The molecular weight excluding hydrogens is 451 g/mol. The molecular formula is C20H31IN6. The van der Waals surface area contributed by atoms with Crippen molar-refractivity contribution in [1.82, 2.24) is 25.4 Å². The van der Waals surface area contributed by atoms with Gasteiger partial charge in [0.05, 0.1) is 6.54 Å². The van der Waals surface area contributed by atoms with Crippen molar-refractivity contribution in [3.8, 4) is 5.69 Å². The summed E-state index contributed by atoms with van der Waals surface area (Å²) in [5.74, 6) is 3.41. The maximum atomic E-state index is 4.32. The second kappa shape index (κ2) is 11.3. The van der Waals surface area contributed by atoms with Crippen LogP contribution in [0.4, 0.5) is 0 Å². The molecule has 6 nitrogen and oxygen atoms in total. The fourth-order valence-electron chi connectivity index (χ4n) is 3.78. The Labute approximate surface area is 179 Å². The average Bonchev–Trinajstić information content (AvgIpc) is 3.14. The summed E-state index contributed by atoms with van der Waals surface area (Å²) < 4.78 is 1.99. The summed E-state index contributed by atoms with van der Waals surface area (Å²) in [6.45, 7) is 3.92. The van der Waals surface area contributed by atoms with Crippen LogP contribution in [0.2, 0.25) is 0 Å². The first-order chi connectivity index (χ1) is 12.8. The quantitative estimate of drug-likeness (QED) is 0.374. The summed E-state index contributed by atoms with van der Waals surface area (Å²) >= 11 is 0. The van der Waals surface area contributed by atoms with E-state index in [1.807, 2.05) is 34.9 Å². The Morgan fingerprint density at radius 3 is 2.78 bits per heavy atom. The van der Waals surface area contributed by atoms with E-state index in [2.05, 4.69) is 32.7 Å². The van der Waals surface area contributed by atoms with Gasteiger partial charge < -0.3 is 10.6 Å². The van der Waals surface area contributed by atoms with Crippen molar-refractivity contribution in [3.63, 3.8) is 0 Å². The number of rotatable bonds is 6. The van der Waals surface area contributed by atoms with Gasteiger partial charge in [-0.15, -0.1) is 34.2 Å². The van der Waals surface area contributed by atoms with Crippen molar-refractivity contribution in [2.45, 2.75) is 45.6 Å². The molecule has 2 aromatic rings. The van der Waals surface area contributed by atoms with Crippen LogP contribution in [0.25, 0.3) is 5.69 Å². The zero-order chi connectivity index (χ0) is 18.2. The summed E-state index contributed by atoms with van der Waals surface area (Å²) in [5.41, 5.74) is 1.06. The van der Waals surface area contributed by atoms with E-state index >= 15 is 0 Å². The van der Waals surface area contributed by atoms with Crippen LogP contribution >= 0.6 is 24.0 Å². The standard InChI is InChI=1S/C20H30N6.HI/c1-16-7-6-8-17(13-16)11-12-22-20(21-2)23-14-19-25-24-15-26(19)18-9-4-3-5-10-18;/h3-5,9-10,15-17H,6-8,11-14H2,1-2H3,(H2,21,22,23);1H. The monoisotopic (exact) mass is 482 g/mol. The van der Waals surface area contributed by atoms with E-state index in [1.54, 1.807) is 13.4 Å². The minimum atomic E-state index is 0. The molecule has 1 saturated carbocycles. The van der Waals surface area contributed by atoms with Crippen LogP contribution in [0.3, 0.4) is 0 Å². The zero-order valence-corrected chi connectivity index (χ0v) is 18.6. The Bertz CT molecular complexity index is 700. The molecule has 0 spiro atoms. The van der Waals surface area contributed by atoms with Gasteiger partial charge in [-0.05, 0) is 36.8 Å². The number of aromatic nitrogens is 3. The fourth-order valence-corrected chi connectivity index (χ4v) is 3.78. The maximum Gasteiger partial charge on any atom is 0.191 e. The first kappa shape index (κ1) is 21.7. The number of nitrogens with zero attached hydrogens (tertiary/aromatic N) is 4. The number of hydrogen-bond acceptors (Lipinski definition) is 3. The molecule has 148 valence electrons. The Morgan fingerprint density at radius 2 is 2.04 bits per heavy atom. The van der Waals surface area contributed by atoms with Crippen molar-refractivity contribution >= 4 is 29.9 Å². The van der Waals surface area contributed by atoms with Gasteiger partial charge in [0.15, 0.2) is 11.8 Å². The molecule has 7 heteroatoms. The summed E-state index contributed by atoms with van der Waals surface area (Å²) in [7, 11) is 1.81. The van der Waals surface area contributed by atoms with E-state index in [0.717, 1.165) is 35.9 Å². The van der Waals surface area contributed by atoms with Gasteiger partial charge in [-0.1, -0.05) is 44.4 Å². The second-order valence-corrected chi connectivity index (χ2v) is 7.23. The Morgan fingerprint density at radius 1 is 1.22 bits per heavy atom. The summed E-state index contributed by atoms with van der Waals surface area (Å²) in [6, 6.07) is 10.1. The Kier molecular flexibility index (Phi) is 9.03. The highest BCUT2D eigenvalue weighted by molar-refractivity contribution is 14.0. The highest BCUT2D eigenvalue weighted by Gasteiger charge is 2.18. The van der Waals surface area contributed by atoms with Crippen LogP contribution in [0.5, 0.6) is 0 Å². The third-order valence-electron chi connectivity index (χ3n) is 5.18. The third-order valence-corrected chi connectivity index (χ3v) is 5.18. The molecule has 27 heavy (non-hydrogen) atoms. The number of hydrogen-bond donors (Lipinski definition) is 2. The lowest BCUT2D eigenvalue weighted by molar-refractivity contribution is 0.270. The molecule has 0 aliphatic heterocycles. The lowest BCUT2D eigenvalue weighted by Gasteiger charge is -2.26. The van der Waals surface area contributed by atoms with E-state index in [1.165, 1.54) is 32.1 Å². The summed E-state index contributed by atoms with van der Waals surface area (Å²) in [6.07, 6.45) is 8.48. The number of para-hydroxylation sites is 1. The molecule has 0 bridgehead atoms. The molecule has 1 aromatic carbocycles. The van der Waals surface area contributed by atoms with Crippen LogP contribution in [0, 0.1) is 11.8 Å². The first-order valence-electron chi connectivity index (χ1n) is 9.65. The molecule has 1 fully saturated rings. The van der Waals surface area contributed by atoms with Gasteiger partial charge in [0, 0.05) is 19.3 Å². The molecule has 1 heterocycles. The van der Waals surface area contributed by atoms with Crippen molar-refractivity contribution in [1.29, 1.82) is 0 Å². The Hall–Kier alpha value is -1.64. The molecule has 2 unspecified atom stereocenters. The van der Waals surface area contributed by atoms with Crippen LogP contribution < -0.4 is 10.6 Å². The number of benzene rings is 1. The predicted molar refractivity (Wildman–Crippen MR) is 121 cm³/mol. The summed E-state index contributed by atoms with van der Waals surface area (Å²) in [5, 5.41) is 15.1. The highest BCUT2D eigenvalue weighted by Crippen LogP contribution is 2.30. The average molecular weight is 482 g/mol. The Balaban J connectivity index is 0.00000261. The van der Waals surface area contributed by atoms with E-state index in [4.69, 9.17) is 0 Å². The number of guanidine groups is 1. The van der Waals surface area contributed by atoms with Gasteiger partial charge in [0.25, 0.3) is 0 Å². The zero-order valence-electron chi connectivity index (χ0n) is 16.3. The third kappa shape index (κ3) is 6.48. The van der Waals surface area contributed by atoms with Crippen LogP contribution in [-0.4, -0.2) is 34.3 Å². The molecule has 1 aliphatic carbocycles. The van der Waals surface area contributed by atoms with E-state index in [-0.39, 0.29) is 24.0 Å². The van der Waals surface area contributed by atoms with Gasteiger partial charge in [-0.25, -0.2) is 0 Å². The number of nitrogens with one attached hydrogen (secondary N) is 2. The van der Waals surface area contributed by atoms with E-state index in [9.17, 15) is 0 Å². The van der Waals surface area contributed by atoms with Crippen molar-refractivity contribution < 1.29 is 0 Å². The SMILES string of the molecule is CN=C(NCCC1CCCC(C)C1)NCc1nncn1-c1ccccc1.I. The van der Waals surface area contributed by atoms with Gasteiger partial charge in [0.1, 0.15) is 6.33 Å². The normalized spacial score (nSPS) is 20.0. The molecule has 2 N–H and O–H groups in total. The first-order valence-corrected chi connectivity index (χ1v) is 9.65. The van der Waals surface area contributed by atoms with Crippen molar-refractivity contribution in [2.24, 2.45) is 16.8 Å². The largest absolute Gasteiger partial charge is 0.356 e. The van der Waals surface area contributed by atoms with E-state index < -0.39 is 0 Å². The lowest BCUT2D eigenvalue weighted by atomic mass is 9.81. The van der Waals surface area contributed by atoms with Crippen molar-refractivity contribution in [3.05, 3.63) is 42.5 Å². The molecule has 0 amide bonds. The maximum absolute atomic E-state index is 4.32. The van der Waals surface area contributed by atoms with Gasteiger partial charge in [-0.3, -0.25) is 9.56 Å². The smallest absolute Gasteiger partial charge is 0.191 e. The van der Waals surface area contributed by atoms with Crippen LogP contribution in [0.1, 0.15) is 44.9 Å². The second-order valence-electron chi connectivity index (χ2n) is 7.23.